The van der Waals surface area contributed by atoms with Crippen molar-refractivity contribution in [1.82, 2.24) is 0 Å². The monoisotopic (exact) mass is 1160 g/mol. The van der Waals surface area contributed by atoms with Crippen LogP contribution in [-0.2, 0) is 51.4 Å². The second-order valence-electron chi connectivity index (χ2n) is 31.9. The van der Waals surface area contributed by atoms with Gasteiger partial charge in [-0.05, 0) is 214 Å². The third-order valence-corrected chi connectivity index (χ3v) is 16.1. The molecule has 2 saturated carbocycles. The van der Waals surface area contributed by atoms with Gasteiger partial charge in [0.2, 0.25) is 0 Å². The zero-order chi connectivity index (χ0) is 63.2. The predicted octanol–water partition coefficient (Wildman–Crippen LogP) is 19.8. The van der Waals surface area contributed by atoms with Crippen LogP contribution in [0.3, 0.4) is 0 Å². The number of ether oxygens (including phenoxy) is 8. The molecule has 12 nitrogen and oxygen atoms in total. The molecule has 84 heavy (non-hydrogen) atoms. The lowest BCUT2D eigenvalue weighted by Crippen LogP contribution is -2.39. The molecular formula is C72H102O12. The average molecular weight is 1160 g/mol. The van der Waals surface area contributed by atoms with Crippen molar-refractivity contribution in [3.8, 4) is 23.0 Å². The summed E-state index contributed by atoms with van der Waals surface area (Å²) >= 11 is 0. The van der Waals surface area contributed by atoms with Crippen LogP contribution in [0.2, 0.25) is 0 Å². The zero-order valence-corrected chi connectivity index (χ0v) is 55.6. The number of hydrogen-bond acceptors (Lipinski definition) is 12. The summed E-state index contributed by atoms with van der Waals surface area (Å²) in [4.78, 5) is 52.9. The molecule has 0 bridgehead atoms. The number of rotatable bonds is 9. The molecule has 4 aromatic rings. The molecular weight excluding hydrogens is 1060 g/mol. The van der Waals surface area contributed by atoms with Crippen molar-refractivity contribution in [1.29, 1.82) is 0 Å². The summed E-state index contributed by atoms with van der Waals surface area (Å²) in [6.45, 7) is 47.5. The van der Waals surface area contributed by atoms with Crippen LogP contribution in [-0.4, -0.2) is 47.0 Å². The lowest BCUT2D eigenvalue weighted by atomic mass is 9.56. The molecule has 0 unspecified atom stereocenters. The predicted molar refractivity (Wildman–Crippen MR) is 333 cm³/mol. The third kappa shape index (κ3) is 17.1. The van der Waals surface area contributed by atoms with Crippen molar-refractivity contribution < 1.29 is 57.1 Å². The van der Waals surface area contributed by atoms with Crippen LogP contribution in [0.25, 0.3) is 0 Å². The molecule has 2 aliphatic rings. The first-order valence-corrected chi connectivity index (χ1v) is 30.4. The molecule has 6 rings (SSSR count). The van der Waals surface area contributed by atoms with E-state index in [1.54, 1.807) is 0 Å². The van der Waals surface area contributed by atoms with Gasteiger partial charge in [0.15, 0.2) is 0 Å². The van der Waals surface area contributed by atoms with Gasteiger partial charge in [0.1, 0.15) is 45.4 Å². The Labute approximate surface area is 504 Å². The molecule has 0 amide bonds. The SMILES string of the molecule is CC(C)(C)OC(=O)Oc1ccc(C2(c3ccc(OC(=O)OC(C)(C)C)c(C(C)(C)C)c3)CCC(C3CCC(c4ccc(OC(=O)OC(C)(C)C)c(C(C)(C)C)c4)(c4ccc(OC(=O)OC(C)(C)C)c(C(C)(C)C)c4)CC3)CC2)cc1C(C)(C)C. The van der Waals surface area contributed by atoms with E-state index < -0.39 is 79.5 Å². The Kier molecular flexibility index (Phi) is 19.2. The summed E-state index contributed by atoms with van der Waals surface area (Å²) in [6, 6.07) is 25.2. The Hall–Kier alpha value is -6.04. The van der Waals surface area contributed by atoms with Gasteiger partial charge >= 0.3 is 24.6 Å². The fourth-order valence-electron chi connectivity index (χ4n) is 12.2. The van der Waals surface area contributed by atoms with E-state index in [0.29, 0.717) is 34.8 Å². The largest absolute Gasteiger partial charge is 0.514 e. The maximum Gasteiger partial charge on any atom is 0.514 e. The Morgan fingerprint density at radius 1 is 0.310 bits per heavy atom. The Bertz CT molecular complexity index is 2620. The highest BCUT2D eigenvalue weighted by Gasteiger charge is 2.46. The number of hydrogen-bond donors (Lipinski definition) is 0. The van der Waals surface area contributed by atoms with Gasteiger partial charge in [-0.2, -0.15) is 0 Å². The summed E-state index contributed by atoms with van der Waals surface area (Å²) in [6.07, 6.45) is 4.29. The van der Waals surface area contributed by atoms with Crippen LogP contribution in [0.5, 0.6) is 23.0 Å². The van der Waals surface area contributed by atoms with Gasteiger partial charge in [-0.1, -0.05) is 132 Å². The van der Waals surface area contributed by atoms with Crippen LogP contribution in [0.1, 0.15) is 262 Å². The Morgan fingerprint density at radius 2 is 0.488 bits per heavy atom. The van der Waals surface area contributed by atoms with E-state index in [9.17, 15) is 19.2 Å². The standard InChI is InChI=1S/C72H102O12/c1-63(2,3)51-41-47(25-29-55(51)77-59(73)81-67(13,14)15)71(48-26-30-56(52(42-48)64(4,5)6)78-60(74)82-68(16,17)18)37-33-45(34-38-71)46-35-39-72(40-36-46,49-27-31-57(53(43-49)65(7,8)9)79-61(75)83-69(19,20)21)50-28-32-58(54(44-50)66(10,11)12)80-62(76)84-70(22,23)24/h25-32,41-46H,33-40H2,1-24H3. The fourth-order valence-corrected chi connectivity index (χ4v) is 12.2. The molecule has 4 aromatic carbocycles. The van der Waals surface area contributed by atoms with E-state index in [1.807, 2.05) is 107 Å². The van der Waals surface area contributed by atoms with Gasteiger partial charge in [-0.15, -0.1) is 0 Å². The number of benzene rings is 4. The van der Waals surface area contributed by atoms with Crippen LogP contribution in [0.4, 0.5) is 19.2 Å². The topological polar surface area (TPSA) is 142 Å². The second-order valence-corrected chi connectivity index (χ2v) is 31.9. The highest BCUT2D eigenvalue weighted by Crippen LogP contribution is 2.56. The Balaban J connectivity index is 1.44. The molecule has 0 saturated heterocycles. The normalized spacial score (nSPS) is 16.7. The summed E-state index contributed by atoms with van der Waals surface area (Å²) in [5, 5.41) is 0. The maximum atomic E-state index is 13.2. The fraction of sp³-hybridized carbons (Fsp3) is 0.611. The summed E-state index contributed by atoms with van der Waals surface area (Å²) in [7, 11) is 0. The van der Waals surface area contributed by atoms with Crippen molar-refractivity contribution in [2.45, 2.75) is 272 Å². The maximum absolute atomic E-state index is 13.2. The number of carbonyl (C=O) groups is 4. The van der Waals surface area contributed by atoms with Crippen LogP contribution >= 0.6 is 0 Å². The van der Waals surface area contributed by atoms with Gasteiger partial charge in [-0.25, -0.2) is 19.2 Å². The molecule has 2 aliphatic carbocycles. The van der Waals surface area contributed by atoms with Crippen LogP contribution in [0.15, 0.2) is 72.8 Å². The van der Waals surface area contributed by atoms with E-state index in [2.05, 4.69) is 132 Å². The minimum atomic E-state index is -0.749. The van der Waals surface area contributed by atoms with E-state index >= 15 is 0 Å². The highest BCUT2D eigenvalue weighted by molar-refractivity contribution is 5.69. The van der Waals surface area contributed by atoms with E-state index in [4.69, 9.17) is 37.9 Å². The minimum Gasteiger partial charge on any atom is -0.428 e. The molecule has 0 aromatic heterocycles. The van der Waals surface area contributed by atoms with Gasteiger partial charge in [-0.3, -0.25) is 0 Å². The van der Waals surface area contributed by atoms with Gasteiger partial charge in [0.05, 0.1) is 0 Å². The molecule has 0 N–H and O–H groups in total. The van der Waals surface area contributed by atoms with Crippen molar-refractivity contribution >= 4 is 24.6 Å². The van der Waals surface area contributed by atoms with E-state index in [-0.39, 0.29) is 0 Å². The molecule has 2 fully saturated rings. The molecule has 12 heteroatoms. The average Bonchev–Trinajstić information content (AvgIpc) is 0.815. The molecule has 462 valence electrons. The first-order valence-electron chi connectivity index (χ1n) is 30.4. The summed E-state index contributed by atoms with van der Waals surface area (Å²) < 4.78 is 46.6. The zero-order valence-electron chi connectivity index (χ0n) is 55.6. The molecule has 0 heterocycles. The van der Waals surface area contributed by atoms with E-state index in [0.717, 1.165) is 95.9 Å². The summed E-state index contributed by atoms with van der Waals surface area (Å²) in [5.74, 6) is 2.71. The number of carbonyl (C=O) groups excluding carboxylic acids is 4. The summed E-state index contributed by atoms with van der Waals surface area (Å²) in [5.41, 5.74) is 2.69. The second kappa shape index (κ2) is 24.0. The highest BCUT2D eigenvalue weighted by atomic mass is 16.7. The van der Waals surface area contributed by atoms with Crippen LogP contribution in [0, 0.1) is 11.8 Å². The first kappa shape index (κ1) is 67.1. The van der Waals surface area contributed by atoms with E-state index in [1.165, 1.54) is 0 Å². The van der Waals surface area contributed by atoms with Gasteiger partial charge < -0.3 is 37.9 Å². The molecule has 0 spiro atoms. The van der Waals surface area contributed by atoms with Crippen molar-refractivity contribution in [2.24, 2.45) is 11.8 Å². The third-order valence-electron chi connectivity index (χ3n) is 16.1. The lowest BCUT2D eigenvalue weighted by Gasteiger charge is -2.48. The quantitative estimate of drug-likeness (QED) is 0.0894. The van der Waals surface area contributed by atoms with Crippen LogP contribution < -0.4 is 18.9 Å². The molecule has 0 atom stereocenters. The van der Waals surface area contributed by atoms with Crippen molar-refractivity contribution in [2.75, 3.05) is 0 Å². The molecule has 0 aliphatic heterocycles. The van der Waals surface area contributed by atoms with Gasteiger partial charge in [0, 0.05) is 33.1 Å². The van der Waals surface area contributed by atoms with Crippen molar-refractivity contribution in [3.63, 3.8) is 0 Å². The lowest BCUT2D eigenvalue weighted by molar-refractivity contribution is 0.0189. The van der Waals surface area contributed by atoms with Crippen molar-refractivity contribution in [3.05, 3.63) is 117 Å². The minimum absolute atomic E-state index is 0.403. The first-order chi connectivity index (χ1) is 38.2. The Morgan fingerprint density at radius 3 is 0.643 bits per heavy atom. The van der Waals surface area contributed by atoms with Gasteiger partial charge in [0.25, 0.3) is 0 Å². The smallest absolute Gasteiger partial charge is 0.428 e. The molecule has 0 radical (unpaired) electrons.